The van der Waals surface area contributed by atoms with Crippen LogP contribution < -0.4 is 4.43 Å². The number of aryl methyl sites for hydroxylation is 1. The van der Waals surface area contributed by atoms with Crippen molar-refractivity contribution >= 4 is 25.5 Å². The van der Waals surface area contributed by atoms with Gasteiger partial charge in [-0.1, -0.05) is 51.1 Å². The number of aromatic nitrogens is 1. The van der Waals surface area contributed by atoms with Crippen LogP contribution in [0.5, 0.6) is 5.75 Å². The van der Waals surface area contributed by atoms with E-state index in [1.54, 1.807) is 0 Å². The molecule has 3 aromatic rings. The van der Waals surface area contributed by atoms with Gasteiger partial charge in [-0.2, -0.15) is 0 Å². The molecule has 0 radical (unpaired) electrons. The third-order valence-corrected chi connectivity index (χ3v) is 9.83. The maximum absolute atomic E-state index is 10.9. The zero-order valence-corrected chi connectivity index (χ0v) is 18.0. The van der Waals surface area contributed by atoms with E-state index in [0.29, 0.717) is 5.56 Å². The lowest BCUT2D eigenvalue weighted by molar-refractivity contribution is 0.112. The minimum absolute atomic E-state index is 0.118. The van der Waals surface area contributed by atoms with E-state index in [9.17, 15) is 4.79 Å². The van der Waals surface area contributed by atoms with Gasteiger partial charge in [0.05, 0.1) is 0 Å². The van der Waals surface area contributed by atoms with Crippen molar-refractivity contribution in [1.29, 1.82) is 0 Å². The van der Waals surface area contributed by atoms with E-state index in [2.05, 4.69) is 46.0 Å². The number of carbonyl (C=O) groups excluding carboxylic acids is 1. The van der Waals surface area contributed by atoms with E-state index in [-0.39, 0.29) is 5.04 Å². The first-order valence-corrected chi connectivity index (χ1v) is 12.2. The Labute approximate surface area is 162 Å². The summed E-state index contributed by atoms with van der Waals surface area (Å²) in [6.07, 6.45) is 0.864. The standard InChI is InChI=1S/C23H27NO2Si/c1-16-7-12-20-19(18-10-8-17(15-25)9-11-18)13-14-21(22(20)24-16)26-27(5,6)23(2,3)4/h7-15H,1-6H3. The molecule has 140 valence electrons. The van der Waals surface area contributed by atoms with Gasteiger partial charge in [0.25, 0.3) is 8.32 Å². The summed E-state index contributed by atoms with van der Waals surface area (Å²) in [6, 6.07) is 15.9. The molecule has 1 heterocycles. The summed E-state index contributed by atoms with van der Waals surface area (Å²) in [4.78, 5) is 15.7. The second kappa shape index (κ2) is 6.93. The fraction of sp³-hybridized carbons (Fsp3) is 0.304. The Balaban J connectivity index is 2.16. The fourth-order valence-electron chi connectivity index (χ4n) is 2.79. The first-order valence-electron chi connectivity index (χ1n) is 9.27. The van der Waals surface area contributed by atoms with Gasteiger partial charge in [-0.05, 0) is 54.4 Å². The number of aldehydes is 1. The Bertz CT molecular complexity index is 986. The van der Waals surface area contributed by atoms with E-state index in [4.69, 9.17) is 9.41 Å². The summed E-state index contributed by atoms with van der Waals surface area (Å²) >= 11 is 0. The summed E-state index contributed by atoms with van der Waals surface area (Å²) in [5.41, 5.74) is 4.70. The molecule has 0 aliphatic heterocycles. The maximum atomic E-state index is 10.9. The van der Waals surface area contributed by atoms with Gasteiger partial charge in [0.1, 0.15) is 17.6 Å². The first kappa shape index (κ1) is 19.3. The number of fused-ring (bicyclic) bond motifs is 1. The highest BCUT2D eigenvalue weighted by molar-refractivity contribution is 6.74. The Kier molecular flexibility index (Phi) is 4.95. The Morgan fingerprint density at radius 3 is 2.22 bits per heavy atom. The van der Waals surface area contributed by atoms with Crippen molar-refractivity contribution in [2.75, 3.05) is 0 Å². The molecule has 0 saturated carbocycles. The molecule has 0 N–H and O–H groups in total. The van der Waals surface area contributed by atoms with Crippen LogP contribution >= 0.6 is 0 Å². The van der Waals surface area contributed by atoms with Gasteiger partial charge < -0.3 is 4.43 Å². The van der Waals surface area contributed by atoms with Gasteiger partial charge in [-0.25, -0.2) is 4.98 Å². The van der Waals surface area contributed by atoms with Crippen molar-refractivity contribution in [2.24, 2.45) is 0 Å². The van der Waals surface area contributed by atoms with Crippen LogP contribution in [-0.4, -0.2) is 19.6 Å². The van der Waals surface area contributed by atoms with Gasteiger partial charge in [0, 0.05) is 16.6 Å². The molecular formula is C23H27NO2Si. The number of rotatable bonds is 4. The molecule has 0 unspecified atom stereocenters. The quantitative estimate of drug-likeness (QED) is 0.390. The number of nitrogens with zero attached hydrogens (tertiary/aromatic N) is 1. The molecule has 27 heavy (non-hydrogen) atoms. The monoisotopic (exact) mass is 377 g/mol. The van der Waals surface area contributed by atoms with Crippen LogP contribution in [0.1, 0.15) is 36.8 Å². The molecule has 0 saturated heterocycles. The van der Waals surface area contributed by atoms with Crippen molar-refractivity contribution in [1.82, 2.24) is 4.98 Å². The average Bonchev–Trinajstić information content (AvgIpc) is 2.61. The number of hydrogen-bond donors (Lipinski definition) is 0. The van der Waals surface area contributed by atoms with Crippen molar-refractivity contribution < 1.29 is 9.22 Å². The minimum Gasteiger partial charge on any atom is -0.542 e. The summed E-state index contributed by atoms with van der Waals surface area (Å²) in [7, 11) is -1.97. The smallest absolute Gasteiger partial charge is 0.250 e. The van der Waals surface area contributed by atoms with Gasteiger partial charge in [-0.15, -0.1) is 0 Å². The van der Waals surface area contributed by atoms with Crippen LogP contribution in [0.2, 0.25) is 18.1 Å². The number of hydrogen-bond acceptors (Lipinski definition) is 3. The Hall–Kier alpha value is -2.46. The van der Waals surface area contributed by atoms with Crippen LogP contribution in [0.3, 0.4) is 0 Å². The molecular weight excluding hydrogens is 350 g/mol. The lowest BCUT2D eigenvalue weighted by Crippen LogP contribution is -2.43. The summed E-state index contributed by atoms with van der Waals surface area (Å²) in [5.74, 6) is 0.855. The molecule has 0 aliphatic rings. The molecule has 1 aromatic heterocycles. The lowest BCUT2D eigenvalue weighted by Gasteiger charge is -2.36. The number of pyridine rings is 1. The van der Waals surface area contributed by atoms with E-state index in [1.165, 1.54) is 0 Å². The summed E-state index contributed by atoms with van der Waals surface area (Å²) in [5, 5.41) is 1.18. The third kappa shape index (κ3) is 3.81. The molecule has 0 amide bonds. The predicted molar refractivity (Wildman–Crippen MR) is 115 cm³/mol. The van der Waals surface area contributed by atoms with Gasteiger partial charge in [0.2, 0.25) is 0 Å². The van der Waals surface area contributed by atoms with Gasteiger partial charge >= 0.3 is 0 Å². The van der Waals surface area contributed by atoms with Crippen molar-refractivity contribution in [3.05, 3.63) is 59.8 Å². The second-order valence-electron chi connectivity index (χ2n) is 8.56. The largest absolute Gasteiger partial charge is 0.542 e. The number of carbonyl (C=O) groups is 1. The fourth-order valence-corrected chi connectivity index (χ4v) is 3.81. The number of benzene rings is 2. The highest BCUT2D eigenvalue weighted by Gasteiger charge is 2.39. The SMILES string of the molecule is Cc1ccc2c(-c3ccc(C=O)cc3)ccc(O[Si](C)(C)C(C)(C)C)c2n1. The zero-order valence-electron chi connectivity index (χ0n) is 17.0. The molecule has 0 aliphatic carbocycles. The van der Waals surface area contributed by atoms with E-state index in [1.807, 2.05) is 43.3 Å². The highest BCUT2D eigenvalue weighted by atomic mass is 28.4. The molecule has 0 atom stereocenters. The van der Waals surface area contributed by atoms with Crippen LogP contribution in [0.25, 0.3) is 22.0 Å². The van der Waals surface area contributed by atoms with Gasteiger partial charge in [0.15, 0.2) is 0 Å². The van der Waals surface area contributed by atoms with Crippen LogP contribution in [0.4, 0.5) is 0 Å². The molecule has 3 nitrogen and oxygen atoms in total. The molecule has 0 bridgehead atoms. The van der Waals surface area contributed by atoms with Gasteiger partial charge in [-0.3, -0.25) is 4.79 Å². The second-order valence-corrected chi connectivity index (χ2v) is 13.3. The van der Waals surface area contributed by atoms with E-state index in [0.717, 1.165) is 39.8 Å². The molecule has 3 rings (SSSR count). The minimum atomic E-state index is -1.97. The van der Waals surface area contributed by atoms with E-state index < -0.39 is 8.32 Å². The summed E-state index contributed by atoms with van der Waals surface area (Å²) < 4.78 is 6.59. The maximum Gasteiger partial charge on any atom is 0.250 e. The molecule has 0 fully saturated rings. The van der Waals surface area contributed by atoms with E-state index >= 15 is 0 Å². The summed E-state index contributed by atoms with van der Waals surface area (Å²) in [6.45, 7) is 13.2. The Morgan fingerprint density at radius 2 is 1.63 bits per heavy atom. The zero-order chi connectivity index (χ0) is 19.8. The molecule has 4 heteroatoms. The predicted octanol–water partition coefficient (Wildman–Crippen LogP) is 6.41. The van der Waals surface area contributed by atoms with Crippen molar-refractivity contribution in [3.63, 3.8) is 0 Å². The first-order chi connectivity index (χ1) is 12.6. The Morgan fingerprint density at radius 1 is 0.963 bits per heavy atom. The lowest BCUT2D eigenvalue weighted by atomic mass is 9.99. The average molecular weight is 378 g/mol. The molecule has 0 spiro atoms. The van der Waals surface area contributed by atoms with Crippen molar-refractivity contribution in [2.45, 2.75) is 45.8 Å². The van der Waals surface area contributed by atoms with Crippen LogP contribution in [0.15, 0.2) is 48.5 Å². The van der Waals surface area contributed by atoms with Crippen LogP contribution in [0, 0.1) is 6.92 Å². The topological polar surface area (TPSA) is 39.2 Å². The molecule has 2 aromatic carbocycles. The normalized spacial score (nSPS) is 12.2. The van der Waals surface area contributed by atoms with Crippen molar-refractivity contribution in [3.8, 4) is 16.9 Å². The highest BCUT2D eigenvalue weighted by Crippen LogP contribution is 2.40. The van der Waals surface area contributed by atoms with Crippen LogP contribution in [-0.2, 0) is 0 Å². The third-order valence-electron chi connectivity index (χ3n) is 5.49.